The maximum atomic E-state index is 11.8. The predicted octanol–water partition coefficient (Wildman–Crippen LogP) is 1.19. The molecule has 0 unspecified atom stereocenters. The lowest BCUT2D eigenvalue weighted by molar-refractivity contribution is -0.150. The van der Waals surface area contributed by atoms with Crippen molar-refractivity contribution < 1.29 is 19.4 Å². The van der Waals surface area contributed by atoms with Gasteiger partial charge in [0.2, 0.25) is 0 Å². The Balaban J connectivity index is 2.24. The molecule has 7 heteroatoms. The van der Waals surface area contributed by atoms with Crippen LogP contribution in [-0.2, 0) is 9.53 Å². The number of carbonyl (C=O) groups is 1. The Morgan fingerprint density at radius 3 is 2.86 bits per heavy atom. The second-order valence-electron chi connectivity index (χ2n) is 5.24. The molecule has 0 radical (unpaired) electrons. The normalized spacial score (nSPS) is 22.1. The van der Waals surface area contributed by atoms with Crippen LogP contribution in [0.25, 0.3) is 0 Å². The van der Waals surface area contributed by atoms with Crippen LogP contribution in [0.5, 0.6) is 5.88 Å². The Morgan fingerprint density at radius 1 is 1.43 bits per heavy atom. The molecule has 0 saturated carbocycles. The summed E-state index contributed by atoms with van der Waals surface area (Å²) in [5.41, 5.74) is -0.809. The number of rotatable bonds is 6. The van der Waals surface area contributed by atoms with Crippen LogP contribution in [0.15, 0.2) is 12.4 Å². The van der Waals surface area contributed by atoms with Crippen LogP contribution in [0.1, 0.15) is 19.3 Å². The van der Waals surface area contributed by atoms with E-state index in [-0.39, 0.29) is 0 Å². The number of piperidine rings is 1. The van der Waals surface area contributed by atoms with Gasteiger partial charge >= 0.3 is 5.97 Å². The summed E-state index contributed by atoms with van der Waals surface area (Å²) in [6.07, 6.45) is 5.06. The zero-order chi connectivity index (χ0) is 15.3. The largest absolute Gasteiger partial charge is 0.481 e. The molecule has 1 atom stereocenters. The van der Waals surface area contributed by atoms with Gasteiger partial charge < -0.3 is 19.5 Å². The minimum absolute atomic E-state index is 0.390. The van der Waals surface area contributed by atoms with Gasteiger partial charge in [-0.05, 0) is 19.3 Å². The molecule has 0 aliphatic carbocycles. The van der Waals surface area contributed by atoms with Crippen LogP contribution in [0.3, 0.4) is 0 Å². The monoisotopic (exact) mass is 295 g/mol. The molecule has 0 bridgehead atoms. The van der Waals surface area contributed by atoms with Crippen molar-refractivity contribution in [3.63, 3.8) is 0 Å². The third kappa shape index (κ3) is 3.24. The zero-order valence-corrected chi connectivity index (χ0v) is 12.4. The van der Waals surface area contributed by atoms with E-state index in [9.17, 15) is 9.90 Å². The first kappa shape index (κ1) is 15.5. The fourth-order valence-electron chi connectivity index (χ4n) is 2.77. The van der Waals surface area contributed by atoms with Crippen LogP contribution in [0.4, 0.5) is 5.82 Å². The van der Waals surface area contributed by atoms with E-state index in [0.717, 1.165) is 13.0 Å². The molecule has 1 fully saturated rings. The Kier molecular flexibility index (Phi) is 4.95. The van der Waals surface area contributed by atoms with Gasteiger partial charge in [0.1, 0.15) is 0 Å². The van der Waals surface area contributed by atoms with Gasteiger partial charge in [0, 0.05) is 39.2 Å². The summed E-state index contributed by atoms with van der Waals surface area (Å²) in [6.45, 7) is 1.57. The SMILES string of the molecule is COCC[C@@]1(C(=O)O)CCCN(c2nccnc2OC)C1. The van der Waals surface area contributed by atoms with E-state index in [1.165, 1.54) is 7.11 Å². The molecule has 1 aliphatic rings. The summed E-state index contributed by atoms with van der Waals surface area (Å²) in [7, 11) is 3.12. The van der Waals surface area contributed by atoms with Crippen LogP contribution >= 0.6 is 0 Å². The summed E-state index contributed by atoms with van der Waals surface area (Å²) < 4.78 is 10.3. The number of hydrogen-bond donors (Lipinski definition) is 1. The number of aliphatic carboxylic acids is 1. The smallest absolute Gasteiger partial charge is 0.311 e. The van der Waals surface area contributed by atoms with Crippen LogP contribution in [-0.4, -0.2) is 55.0 Å². The number of aromatic nitrogens is 2. The molecule has 1 aromatic rings. The van der Waals surface area contributed by atoms with Crippen molar-refractivity contribution in [2.75, 3.05) is 38.8 Å². The maximum absolute atomic E-state index is 11.8. The van der Waals surface area contributed by atoms with Gasteiger partial charge in [-0.25, -0.2) is 9.97 Å². The third-order valence-electron chi connectivity index (χ3n) is 3.95. The summed E-state index contributed by atoms with van der Waals surface area (Å²) in [4.78, 5) is 22.1. The standard InChI is InChI=1S/C14H21N3O4/c1-20-9-5-14(13(18)19)4-3-8-17(10-14)11-12(21-2)16-7-6-15-11/h6-7H,3-5,8-10H2,1-2H3,(H,18,19)/t14-/m0/s1. The number of ether oxygens (including phenoxy) is 2. The van der Waals surface area contributed by atoms with E-state index in [1.807, 2.05) is 4.90 Å². The second-order valence-corrected chi connectivity index (χ2v) is 5.24. The zero-order valence-electron chi connectivity index (χ0n) is 12.4. The molecular formula is C14H21N3O4. The van der Waals surface area contributed by atoms with E-state index < -0.39 is 11.4 Å². The second kappa shape index (κ2) is 6.71. The van der Waals surface area contributed by atoms with E-state index in [4.69, 9.17) is 9.47 Å². The summed E-state index contributed by atoms with van der Waals surface area (Å²) in [6, 6.07) is 0. The van der Waals surface area contributed by atoms with E-state index in [0.29, 0.717) is 37.7 Å². The van der Waals surface area contributed by atoms with Crippen molar-refractivity contribution in [1.82, 2.24) is 9.97 Å². The van der Waals surface area contributed by atoms with Crippen LogP contribution in [0.2, 0.25) is 0 Å². The number of methoxy groups -OCH3 is 2. The fraction of sp³-hybridized carbons (Fsp3) is 0.643. The van der Waals surface area contributed by atoms with Gasteiger partial charge in [-0.3, -0.25) is 4.79 Å². The Hall–Kier alpha value is -1.89. The summed E-state index contributed by atoms with van der Waals surface area (Å²) in [5.74, 6) is 0.236. The average Bonchev–Trinajstić information content (AvgIpc) is 2.53. The van der Waals surface area contributed by atoms with Crippen molar-refractivity contribution in [2.24, 2.45) is 5.41 Å². The van der Waals surface area contributed by atoms with E-state index in [1.54, 1.807) is 19.5 Å². The highest BCUT2D eigenvalue weighted by Crippen LogP contribution is 2.37. The molecular weight excluding hydrogens is 274 g/mol. The van der Waals surface area contributed by atoms with Crippen molar-refractivity contribution in [3.05, 3.63) is 12.4 Å². The first-order chi connectivity index (χ1) is 10.1. The quantitative estimate of drug-likeness (QED) is 0.843. The Morgan fingerprint density at radius 2 is 2.19 bits per heavy atom. The lowest BCUT2D eigenvalue weighted by atomic mass is 9.77. The van der Waals surface area contributed by atoms with Crippen molar-refractivity contribution in [1.29, 1.82) is 0 Å². The van der Waals surface area contributed by atoms with Crippen molar-refractivity contribution >= 4 is 11.8 Å². The molecule has 1 saturated heterocycles. The number of nitrogens with zero attached hydrogens (tertiary/aromatic N) is 3. The first-order valence-corrected chi connectivity index (χ1v) is 6.95. The van der Waals surface area contributed by atoms with Gasteiger partial charge in [0.15, 0.2) is 5.82 Å². The van der Waals surface area contributed by atoms with Crippen molar-refractivity contribution in [3.8, 4) is 5.88 Å². The Bertz CT molecular complexity index is 497. The lowest BCUT2D eigenvalue weighted by Gasteiger charge is -2.40. The number of carboxylic acids is 1. The number of anilines is 1. The van der Waals surface area contributed by atoms with Gasteiger partial charge in [0.05, 0.1) is 12.5 Å². The highest BCUT2D eigenvalue weighted by molar-refractivity contribution is 5.76. The highest BCUT2D eigenvalue weighted by Gasteiger charge is 2.43. The molecule has 1 aliphatic heterocycles. The van der Waals surface area contributed by atoms with Crippen molar-refractivity contribution in [2.45, 2.75) is 19.3 Å². The molecule has 1 aromatic heterocycles. The van der Waals surface area contributed by atoms with Crippen LogP contribution < -0.4 is 9.64 Å². The maximum Gasteiger partial charge on any atom is 0.311 e. The molecule has 21 heavy (non-hydrogen) atoms. The molecule has 2 rings (SSSR count). The average molecular weight is 295 g/mol. The molecule has 116 valence electrons. The molecule has 0 aromatic carbocycles. The lowest BCUT2D eigenvalue weighted by Crippen LogP contribution is -2.49. The minimum Gasteiger partial charge on any atom is -0.481 e. The minimum atomic E-state index is -0.809. The topological polar surface area (TPSA) is 84.8 Å². The molecule has 0 amide bonds. The third-order valence-corrected chi connectivity index (χ3v) is 3.95. The summed E-state index contributed by atoms with van der Waals surface area (Å²) in [5, 5.41) is 9.66. The van der Waals surface area contributed by atoms with Gasteiger partial charge in [-0.15, -0.1) is 0 Å². The van der Waals surface area contributed by atoms with Gasteiger partial charge in [0.25, 0.3) is 5.88 Å². The molecule has 1 N–H and O–H groups in total. The van der Waals surface area contributed by atoms with Crippen LogP contribution in [0, 0.1) is 5.41 Å². The molecule has 0 spiro atoms. The highest BCUT2D eigenvalue weighted by atomic mass is 16.5. The molecule has 2 heterocycles. The predicted molar refractivity (Wildman–Crippen MR) is 76.6 cm³/mol. The first-order valence-electron chi connectivity index (χ1n) is 6.95. The number of carboxylic acid groups (broad SMARTS) is 1. The summed E-state index contributed by atoms with van der Waals surface area (Å²) >= 11 is 0. The number of hydrogen-bond acceptors (Lipinski definition) is 6. The van der Waals surface area contributed by atoms with Gasteiger partial charge in [-0.1, -0.05) is 0 Å². The van der Waals surface area contributed by atoms with E-state index in [2.05, 4.69) is 9.97 Å². The van der Waals surface area contributed by atoms with Gasteiger partial charge in [-0.2, -0.15) is 0 Å². The van der Waals surface area contributed by atoms with E-state index >= 15 is 0 Å². The Labute approximate surface area is 123 Å². The molecule has 7 nitrogen and oxygen atoms in total. The fourth-order valence-corrected chi connectivity index (χ4v) is 2.77.